The highest BCUT2D eigenvalue weighted by molar-refractivity contribution is 5.84. The molecule has 5 nitrogen and oxygen atoms in total. The Balaban J connectivity index is 2.17. The van der Waals surface area contributed by atoms with E-state index >= 15 is 0 Å². The van der Waals surface area contributed by atoms with Crippen molar-refractivity contribution < 1.29 is 18.4 Å². The Kier molecular flexibility index (Phi) is 5.30. The van der Waals surface area contributed by atoms with E-state index < -0.39 is 36.9 Å². The van der Waals surface area contributed by atoms with Gasteiger partial charge in [-0.15, -0.1) is 0 Å². The minimum absolute atomic E-state index is 0.0600. The number of amides is 2. The molecule has 1 heterocycles. The highest BCUT2D eigenvalue weighted by Gasteiger charge is 2.39. The Hall–Kier alpha value is -2.02. The van der Waals surface area contributed by atoms with Crippen LogP contribution in [0.4, 0.5) is 8.78 Å². The second-order valence-corrected chi connectivity index (χ2v) is 5.78. The normalized spacial score (nSPS) is 22.1. The van der Waals surface area contributed by atoms with Crippen LogP contribution in [0.5, 0.6) is 0 Å². The van der Waals surface area contributed by atoms with Gasteiger partial charge in [0.05, 0.1) is 25.0 Å². The van der Waals surface area contributed by atoms with Gasteiger partial charge in [-0.1, -0.05) is 30.3 Å². The first-order valence-corrected chi connectivity index (χ1v) is 7.52. The smallest absolute Gasteiger partial charge is 0.277 e. The van der Waals surface area contributed by atoms with Crippen molar-refractivity contribution in [2.45, 2.75) is 24.8 Å². The third-order valence-electron chi connectivity index (χ3n) is 4.16. The van der Waals surface area contributed by atoms with Crippen molar-refractivity contribution in [3.05, 3.63) is 35.9 Å². The molecule has 1 aliphatic rings. The van der Waals surface area contributed by atoms with Crippen LogP contribution in [0, 0.1) is 5.92 Å². The van der Waals surface area contributed by atoms with E-state index in [-0.39, 0.29) is 12.3 Å². The molecule has 1 saturated heterocycles. The zero-order valence-corrected chi connectivity index (χ0v) is 13.0. The van der Waals surface area contributed by atoms with Gasteiger partial charge in [0, 0.05) is 13.5 Å². The minimum atomic E-state index is -3.13. The lowest BCUT2D eigenvalue weighted by molar-refractivity contribution is -0.142. The number of piperidine rings is 1. The number of hydrogen-bond acceptors (Lipinski definition) is 3. The molecule has 1 fully saturated rings. The van der Waals surface area contributed by atoms with Gasteiger partial charge in [-0.05, 0) is 12.0 Å². The summed E-state index contributed by atoms with van der Waals surface area (Å²) in [6.07, 6.45) is 0.563. The van der Waals surface area contributed by atoms with E-state index in [9.17, 15) is 18.4 Å². The zero-order valence-electron chi connectivity index (χ0n) is 13.0. The van der Waals surface area contributed by atoms with Gasteiger partial charge in [0.2, 0.25) is 11.8 Å². The Morgan fingerprint density at radius 3 is 2.65 bits per heavy atom. The summed E-state index contributed by atoms with van der Waals surface area (Å²) in [5.41, 5.74) is 5.79. The first-order chi connectivity index (χ1) is 10.9. The first kappa shape index (κ1) is 17.3. The van der Waals surface area contributed by atoms with Crippen LogP contribution >= 0.6 is 0 Å². The summed E-state index contributed by atoms with van der Waals surface area (Å²) in [6.45, 7) is -1.61. The maximum Gasteiger partial charge on any atom is 0.277 e. The van der Waals surface area contributed by atoms with Gasteiger partial charge in [0.25, 0.3) is 5.92 Å². The van der Waals surface area contributed by atoms with E-state index in [0.717, 1.165) is 5.56 Å². The molecule has 0 aromatic heterocycles. The van der Waals surface area contributed by atoms with E-state index in [1.54, 1.807) is 7.05 Å². The number of benzene rings is 1. The van der Waals surface area contributed by atoms with Crippen molar-refractivity contribution in [2.24, 2.45) is 11.7 Å². The number of nitrogens with zero attached hydrogens (tertiary/aromatic N) is 1. The van der Waals surface area contributed by atoms with Gasteiger partial charge >= 0.3 is 0 Å². The van der Waals surface area contributed by atoms with Crippen LogP contribution in [0.15, 0.2) is 30.3 Å². The number of hydrogen-bond donors (Lipinski definition) is 2. The Bertz CT molecular complexity index is 566. The van der Waals surface area contributed by atoms with E-state index in [2.05, 4.69) is 5.32 Å². The van der Waals surface area contributed by atoms with Gasteiger partial charge in [0.15, 0.2) is 0 Å². The van der Waals surface area contributed by atoms with Crippen LogP contribution in [0.1, 0.15) is 24.4 Å². The number of nitrogens with two attached hydrogens (primary N) is 1. The van der Waals surface area contributed by atoms with E-state index in [0.29, 0.717) is 6.42 Å². The molecule has 0 bridgehead atoms. The molecule has 1 aromatic carbocycles. The zero-order chi connectivity index (χ0) is 17.0. The van der Waals surface area contributed by atoms with Gasteiger partial charge in [-0.2, -0.15) is 0 Å². The molecule has 3 N–H and O–H groups in total. The highest BCUT2D eigenvalue weighted by Crippen LogP contribution is 2.35. The summed E-state index contributed by atoms with van der Waals surface area (Å²) in [5.74, 6) is -4.23. The molecule has 23 heavy (non-hydrogen) atoms. The maximum absolute atomic E-state index is 13.2. The number of alkyl halides is 2. The molecular weight excluding hydrogens is 304 g/mol. The average molecular weight is 325 g/mol. The molecule has 1 aliphatic heterocycles. The molecule has 1 aromatic rings. The van der Waals surface area contributed by atoms with Gasteiger partial charge in [-0.3, -0.25) is 9.59 Å². The van der Waals surface area contributed by atoms with Gasteiger partial charge < -0.3 is 16.0 Å². The lowest BCUT2D eigenvalue weighted by Gasteiger charge is -2.38. The third-order valence-corrected chi connectivity index (χ3v) is 4.16. The number of likely N-dealkylation sites (tertiary alicyclic amines) is 1. The SMILES string of the molecule is CN1C(=O)CCC(C(=O)NCC(F)(F)CN)C1c1ccccc1. The average Bonchev–Trinajstić information content (AvgIpc) is 2.56. The van der Waals surface area contributed by atoms with Crippen molar-refractivity contribution in [1.29, 1.82) is 0 Å². The lowest BCUT2D eigenvalue weighted by Crippen LogP contribution is -2.49. The highest BCUT2D eigenvalue weighted by atomic mass is 19.3. The monoisotopic (exact) mass is 325 g/mol. The van der Waals surface area contributed by atoms with Crippen LogP contribution in [0.25, 0.3) is 0 Å². The number of halogens is 2. The quantitative estimate of drug-likeness (QED) is 0.857. The van der Waals surface area contributed by atoms with Crippen LogP contribution in [0.2, 0.25) is 0 Å². The molecule has 7 heteroatoms. The molecule has 0 saturated carbocycles. The van der Waals surface area contributed by atoms with E-state index in [1.165, 1.54) is 4.90 Å². The predicted molar refractivity (Wildman–Crippen MR) is 81.7 cm³/mol. The Morgan fingerprint density at radius 2 is 2.04 bits per heavy atom. The molecule has 0 aliphatic carbocycles. The molecule has 2 unspecified atom stereocenters. The third kappa shape index (κ3) is 4.04. The maximum atomic E-state index is 13.2. The summed E-state index contributed by atoms with van der Waals surface area (Å²) in [4.78, 5) is 25.9. The molecule has 2 atom stereocenters. The summed E-state index contributed by atoms with van der Waals surface area (Å²) in [5, 5.41) is 2.27. The number of rotatable bonds is 5. The second-order valence-electron chi connectivity index (χ2n) is 5.78. The second kappa shape index (κ2) is 7.04. The minimum Gasteiger partial charge on any atom is -0.350 e. The summed E-state index contributed by atoms with van der Waals surface area (Å²) in [7, 11) is 1.63. The fourth-order valence-electron chi connectivity index (χ4n) is 2.84. The molecule has 0 radical (unpaired) electrons. The molecular formula is C16H21F2N3O2. The summed E-state index contributed by atoms with van der Waals surface area (Å²) in [6, 6.07) is 8.68. The molecule has 126 valence electrons. The molecule has 2 amide bonds. The van der Waals surface area contributed by atoms with Crippen molar-refractivity contribution in [1.82, 2.24) is 10.2 Å². The van der Waals surface area contributed by atoms with Crippen LogP contribution in [-0.2, 0) is 9.59 Å². The van der Waals surface area contributed by atoms with Crippen molar-refractivity contribution in [3.63, 3.8) is 0 Å². The Labute approximate surface area is 133 Å². The largest absolute Gasteiger partial charge is 0.350 e. The van der Waals surface area contributed by atoms with Gasteiger partial charge in [-0.25, -0.2) is 8.78 Å². The number of nitrogens with one attached hydrogen (secondary N) is 1. The fraction of sp³-hybridized carbons (Fsp3) is 0.500. The van der Waals surface area contributed by atoms with Gasteiger partial charge in [0.1, 0.15) is 0 Å². The topological polar surface area (TPSA) is 75.4 Å². The van der Waals surface area contributed by atoms with Crippen molar-refractivity contribution >= 4 is 11.8 Å². The summed E-state index contributed by atoms with van der Waals surface area (Å²) >= 11 is 0. The van der Waals surface area contributed by atoms with Crippen molar-refractivity contribution in [3.8, 4) is 0 Å². The molecule has 2 rings (SSSR count). The van der Waals surface area contributed by atoms with Crippen LogP contribution < -0.4 is 11.1 Å². The number of carbonyl (C=O) groups is 2. The standard InChI is InChI=1S/C16H21F2N3O2/c1-21-13(22)8-7-12(14(21)11-5-3-2-4-6-11)15(23)20-10-16(17,18)9-19/h2-6,12,14H,7-10,19H2,1H3,(H,20,23). The predicted octanol–water partition coefficient (Wildman–Crippen LogP) is 1.31. The first-order valence-electron chi connectivity index (χ1n) is 7.52. The van der Waals surface area contributed by atoms with Crippen LogP contribution in [0.3, 0.4) is 0 Å². The van der Waals surface area contributed by atoms with E-state index in [1.807, 2.05) is 30.3 Å². The molecule has 0 spiro atoms. The van der Waals surface area contributed by atoms with Crippen LogP contribution in [-0.4, -0.2) is 42.8 Å². The van der Waals surface area contributed by atoms with E-state index in [4.69, 9.17) is 5.73 Å². The summed E-state index contributed by atoms with van der Waals surface area (Å²) < 4.78 is 26.5. The Morgan fingerprint density at radius 1 is 1.39 bits per heavy atom. The van der Waals surface area contributed by atoms with Crippen molar-refractivity contribution in [2.75, 3.05) is 20.1 Å². The number of carbonyl (C=O) groups excluding carboxylic acids is 2. The fourth-order valence-corrected chi connectivity index (χ4v) is 2.84. The lowest BCUT2D eigenvalue weighted by atomic mass is 9.84.